The number of benzene rings is 1. The summed E-state index contributed by atoms with van der Waals surface area (Å²) in [6.07, 6.45) is 0.138. The van der Waals surface area contributed by atoms with Gasteiger partial charge in [-0.3, -0.25) is 0 Å². The molecule has 0 aliphatic rings. The van der Waals surface area contributed by atoms with Crippen LogP contribution in [0.4, 0.5) is 0 Å². The second kappa shape index (κ2) is 5.19. The molecule has 0 radical (unpaired) electrons. The third-order valence-corrected chi connectivity index (χ3v) is 2.29. The molecule has 0 saturated carbocycles. The minimum atomic E-state index is -1.64. The molecule has 4 heteroatoms. The molecule has 18 heavy (non-hydrogen) atoms. The fraction of sp³-hybridized carbons (Fsp3) is 0.429. The average molecular weight is 246 g/mol. The van der Waals surface area contributed by atoms with E-state index >= 15 is 0 Å². The lowest BCUT2D eigenvalue weighted by atomic mass is 9.93. The minimum absolute atomic E-state index is 0.138. The van der Waals surface area contributed by atoms with Crippen molar-refractivity contribution in [2.24, 2.45) is 5.73 Å². The van der Waals surface area contributed by atoms with Gasteiger partial charge in [0.05, 0.1) is 6.07 Å². The Kier molecular flexibility index (Phi) is 4.10. The van der Waals surface area contributed by atoms with Gasteiger partial charge in [-0.1, -0.05) is 30.3 Å². The van der Waals surface area contributed by atoms with Gasteiger partial charge in [0.2, 0.25) is 5.54 Å². The molecule has 1 aromatic rings. The summed E-state index contributed by atoms with van der Waals surface area (Å²) in [7, 11) is 0. The number of hydrogen-bond donors (Lipinski definition) is 1. The number of carbonyl (C=O) groups excluding carboxylic acids is 1. The van der Waals surface area contributed by atoms with Crippen LogP contribution in [0.3, 0.4) is 0 Å². The molecule has 0 aliphatic carbocycles. The van der Waals surface area contributed by atoms with Crippen LogP contribution in [0.1, 0.15) is 26.3 Å². The SMILES string of the molecule is CC(C)(C)OC(=O)C(N)(C#N)Cc1ccccc1. The highest BCUT2D eigenvalue weighted by Crippen LogP contribution is 2.16. The summed E-state index contributed by atoms with van der Waals surface area (Å²) in [6, 6.07) is 11.0. The van der Waals surface area contributed by atoms with Crippen LogP contribution in [0.15, 0.2) is 30.3 Å². The monoisotopic (exact) mass is 246 g/mol. The van der Waals surface area contributed by atoms with E-state index in [-0.39, 0.29) is 6.42 Å². The Morgan fingerprint density at radius 1 is 1.33 bits per heavy atom. The Morgan fingerprint density at radius 3 is 2.33 bits per heavy atom. The van der Waals surface area contributed by atoms with E-state index < -0.39 is 17.1 Å². The lowest BCUT2D eigenvalue weighted by Crippen LogP contribution is -2.51. The Hall–Kier alpha value is -1.86. The van der Waals surface area contributed by atoms with E-state index in [1.807, 2.05) is 36.4 Å². The Bertz CT molecular complexity index is 457. The van der Waals surface area contributed by atoms with Crippen LogP contribution in [0.2, 0.25) is 0 Å². The third kappa shape index (κ3) is 3.86. The molecule has 0 heterocycles. The van der Waals surface area contributed by atoms with E-state index in [4.69, 9.17) is 15.7 Å². The highest BCUT2D eigenvalue weighted by Gasteiger charge is 2.38. The summed E-state index contributed by atoms with van der Waals surface area (Å²) >= 11 is 0. The molecule has 0 aliphatic heterocycles. The standard InChI is InChI=1S/C14H18N2O2/c1-13(2,3)18-12(17)14(16,10-15)9-11-7-5-4-6-8-11/h4-8H,9,16H2,1-3H3. The van der Waals surface area contributed by atoms with E-state index in [1.165, 1.54) is 0 Å². The summed E-state index contributed by atoms with van der Waals surface area (Å²) in [6.45, 7) is 5.22. The van der Waals surface area contributed by atoms with Crippen molar-refractivity contribution in [1.82, 2.24) is 0 Å². The van der Waals surface area contributed by atoms with Crippen LogP contribution >= 0.6 is 0 Å². The van der Waals surface area contributed by atoms with Crippen LogP contribution < -0.4 is 5.73 Å². The van der Waals surface area contributed by atoms with Gasteiger partial charge in [-0.25, -0.2) is 4.79 Å². The van der Waals surface area contributed by atoms with Crippen LogP contribution in [0, 0.1) is 11.3 Å². The van der Waals surface area contributed by atoms with Crippen LogP contribution in [-0.2, 0) is 16.0 Å². The number of rotatable bonds is 3. The van der Waals surface area contributed by atoms with E-state index in [0.29, 0.717) is 0 Å². The minimum Gasteiger partial charge on any atom is -0.458 e. The molecule has 1 unspecified atom stereocenters. The first kappa shape index (κ1) is 14.2. The van der Waals surface area contributed by atoms with Crippen LogP contribution in [0.25, 0.3) is 0 Å². The number of hydrogen-bond acceptors (Lipinski definition) is 4. The van der Waals surface area contributed by atoms with Gasteiger partial charge in [-0.05, 0) is 26.3 Å². The maximum Gasteiger partial charge on any atom is 0.341 e. The third-order valence-electron chi connectivity index (χ3n) is 2.29. The maximum atomic E-state index is 11.9. The molecule has 0 spiro atoms. The summed E-state index contributed by atoms with van der Waals surface area (Å²) in [5, 5.41) is 9.14. The Morgan fingerprint density at radius 2 is 1.89 bits per heavy atom. The highest BCUT2D eigenvalue weighted by atomic mass is 16.6. The first-order chi connectivity index (χ1) is 8.27. The predicted octanol–water partition coefficient (Wildman–Crippen LogP) is 1.79. The van der Waals surface area contributed by atoms with E-state index in [2.05, 4.69) is 0 Å². The van der Waals surface area contributed by atoms with Crippen molar-refractivity contribution in [2.75, 3.05) is 0 Å². The van der Waals surface area contributed by atoms with Gasteiger partial charge in [-0.15, -0.1) is 0 Å². The number of nitrogens with two attached hydrogens (primary N) is 1. The molecule has 2 N–H and O–H groups in total. The number of ether oxygens (including phenoxy) is 1. The molecule has 1 rings (SSSR count). The summed E-state index contributed by atoms with van der Waals surface area (Å²) in [5.41, 5.74) is 4.37. The molecule has 1 atom stereocenters. The van der Waals surface area contributed by atoms with Gasteiger partial charge in [-0.2, -0.15) is 5.26 Å². The van der Waals surface area contributed by atoms with Gasteiger partial charge in [0, 0.05) is 6.42 Å². The van der Waals surface area contributed by atoms with Gasteiger partial charge in [0.25, 0.3) is 0 Å². The van der Waals surface area contributed by atoms with Crippen molar-refractivity contribution in [2.45, 2.75) is 38.3 Å². The molecule has 0 fully saturated rings. The zero-order chi connectivity index (χ0) is 13.8. The molecule has 0 aromatic heterocycles. The number of nitrogens with zero attached hydrogens (tertiary/aromatic N) is 1. The molecule has 0 saturated heterocycles. The van der Waals surface area contributed by atoms with Crippen molar-refractivity contribution in [1.29, 1.82) is 5.26 Å². The number of esters is 1. The first-order valence-electron chi connectivity index (χ1n) is 5.74. The molecule has 4 nitrogen and oxygen atoms in total. The Labute approximate surface area is 107 Å². The zero-order valence-electron chi connectivity index (χ0n) is 10.9. The predicted molar refractivity (Wildman–Crippen MR) is 68.5 cm³/mol. The molecular formula is C14H18N2O2. The van der Waals surface area contributed by atoms with Crippen molar-refractivity contribution >= 4 is 5.97 Å². The topological polar surface area (TPSA) is 76.1 Å². The molecule has 0 amide bonds. The fourth-order valence-corrected chi connectivity index (χ4v) is 1.44. The lowest BCUT2D eigenvalue weighted by molar-refractivity contribution is -0.159. The second-order valence-corrected chi connectivity index (χ2v) is 5.25. The summed E-state index contributed by atoms with van der Waals surface area (Å²) in [5.74, 6) is -0.693. The molecule has 1 aromatic carbocycles. The largest absolute Gasteiger partial charge is 0.458 e. The van der Waals surface area contributed by atoms with Gasteiger partial charge in [0.15, 0.2) is 0 Å². The van der Waals surface area contributed by atoms with Gasteiger partial charge >= 0.3 is 5.97 Å². The number of carbonyl (C=O) groups is 1. The number of nitriles is 1. The normalized spacial score (nSPS) is 14.4. The quantitative estimate of drug-likeness (QED) is 0.825. The molecule has 96 valence electrons. The van der Waals surface area contributed by atoms with E-state index in [1.54, 1.807) is 20.8 Å². The summed E-state index contributed by atoms with van der Waals surface area (Å²) in [4.78, 5) is 11.9. The van der Waals surface area contributed by atoms with Crippen molar-refractivity contribution in [3.8, 4) is 6.07 Å². The maximum absolute atomic E-state index is 11.9. The highest BCUT2D eigenvalue weighted by molar-refractivity contribution is 5.84. The average Bonchev–Trinajstić information content (AvgIpc) is 2.28. The van der Waals surface area contributed by atoms with Gasteiger partial charge < -0.3 is 10.5 Å². The van der Waals surface area contributed by atoms with E-state index in [0.717, 1.165) is 5.56 Å². The second-order valence-electron chi connectivity index (χ2n) is 5.25. The first-order valence-corrected chi connectivity index (χ1v) is 5.74. The smallest absolute Gasteiger partial charge is 0.341 e. The van der Waals surface area contributed by atoms with Crippen LogP contribution in [0.5, 0.6) is 0 Å². The van der Waals surface area contributed by atoms with E-state index in [9.17, 15) is 4.79 Å². The van der Waals surface area contributed by atoms with Gasteiger partial charge in [0.1, 0.15) is 5.60 Å². The molecule has 0 bridgehead atoms. The van der Waals surface area contributed by atoms with Crippen LogP contribution in [-0.4, -0.2) is 17.1 Å². The Balaban J connectivity index is 2.87. The fourth-order valence-electron chi connectivity index (χ4n) is 1.44. The van der Waals surface area contributed by atoms with Crippen molar-refractivity contribution < 1.29 is 9.53 Å². The van der Waals surface area contributed by atoms with Crippen molar-refractivity contribution in [3.05, 3.63) is 35.9 Å². The lowest BCUT2D eigenvalue weighted by Gasteiger charge is -2.26. The summed E-state index contributed by atoms with van der Waals surface area (Å²) < 4.78 is 5.18. The van der Waals surface area contributed by atoms with Crippen molar-refractivity contribution in [3.63, 3.8) is 0 Å². The molecular weight excluding hydrogens is 228 g/mol. The zero-order valence-corrected chi connectivity index (χ0v) is 10.9.